The first-order valence-corrected chi connectivity index (χ1v) is 7.41. The van der Waals surface area contributed by atoms with Crippen LogP contribution in [0.1, 0.15) is 19.3 Å². The summed E-state index contributed by atoms with van der Waals surface area (Å²) < 4.78 is 5.32. The molecular formula is C14H27N3O2. The smallest absolute Gasteiger partial charge is 0.223 e. The summed E-state index contributed by atoms with van der Waals surface area (Å²) in [6.45, 7) is 6.28. The molecule has 5 heteroatoms. The largest absolute Gasteiger partial charge is 0.379 e. The highest BCUT2D eigenvalue weighted by Gasteiger charge is 2.24. The average molecular weight is 269 g/mol. The monoisotopic (exact) mass is 269 g/mol. The minimum Gasteiger partial charge on any atom is -0.379 e. The van der Waals surface area contributed by atoms with Crippen molar-refractivity contribution < 1.29 is 9.53 Å². The molecule has 0 radical (unpaired) electrons. The number of hydrogen-bond donors (Lipinski definition) is 0. The maximum atomic E-state index is 12.2. The van der Waals surface area contributed by atoms with Crippen molar-refractivity contribution in [3.05, 3.63) is 0 Å². The zero-order valence-electron chi connectivity index (χ0n) is 12.3. The molecule has 0 bridgehead atoms. The molecule has 5 nitrogen and oxygen atoms in total. The number of amides is 1. The van der Waals surface area contributed by atoms with E-state index in [1.807, 2.05) is 4.90 Å². The standard InChI is InChI=1S/C14H27N3O2/c1-15(2)13-3-7-17(8-4-13)14(18)5-6-16-9-11-19-12-10-16/h13H,3-12H2,1-2H3. The molecule has 0 aromatic rings. The van der Waals surface area contributed by atoms with Crippen molar-refractivity contribution in [2.45, 2.75) is 25.3 Å². The van der Waals surface area contributed by atoms with Gasteiger partial charge in [-0.15, -0.1) is 0 Å². The van der Waals surface area contributed by atoms with Gasteiger partial charge in [0.15, 0.2) is 0 Å². The number of ether oxygens (including phenoxy) is 1. The molecule has 1 amide bonds. The lowest BCUT2D eigenvalue weighted by Gasteiger charge is -2.35. The molecule has 0 aliphatic carbocycles. The van der Waals surface area contributed by atoms with Crippen LogP contribution in [-0.2, 0) is 9.53 Å². The van der Waals surface area contributed by atoms with Gasteiger partial charge in [-0.1, -0.05) is 0 Å². The number of nitrogens with zero attached hydrogens (tertiary/aromatic N) is 3. The summed E-state index contributed by atoms with van der Waals surface area (Å²) in [4.78, 5) is 18.8. The molecular weight excluding hydrogens is 242 g/mol. The zero-order valence-corrected chi connectivity index (χ0v) is 12.3. The van der Waals surface area contributed by atoms with Crippen LogP contribution >= 0.6 is 0 Å². The van der Waals surface area contributed by atoms with E-state index in [-0.39, 0.29) is 0 Å². The van der Waals surface area contributed by atoms with Crippen LogP contribution in [0, 0.1) is 0 Å². The van der Waals surface area contributed by atoms with Gasteiger partial charge in [-0.2, -0.15) is 0 Å². The van der Waals surface area contributed by atoms with Gasteiger partial charge in [0.1, 0.15) is 0 Å². The first kappa shape index (κ1) is 14.8. The highest BCUT2D eigenvalue weighted by Crippen LogP contribution is 2.15. The Bertz CT molecular complexity index is 282. The molecule has 2 aliphatic heterocycles. The maximum absolute atomic E-state index is 12.2. The molecule has 2 fully saturated rings. The molecule has 2 heterocycles. The molecule has 0 aromatic heterocycles. The van der Waals surface area contributed by atoms with Crippen LogP contribution in [0.4, 0.5) is 0 Å². The third-order valence-electron chi connectivity index (χ3n) is 4.29. The Morgan fingerprint density at radius 2 is 1.79 bits per heavy atom. The van der Waals surface area contributed by atoms with Gasteiger partial charge >= 0.3 is 0 Å². The third-order valence-corrected chi connectivity index (χ3v) is 4.29. The van der Waals surface area contributed by atoms with Crippen molar-refractivity contribution in [3.8, 4) is 0 Å². The summed E-state index contributed by atoms with van der Waals surface area (Å²) in [6, 6.07) is 0.642. The van der Waals surface area contributed by atoms with E-state index in [9.17, 15) is 4.79 Å². The molecule has 2 saturated heterocycles. The van der Waals surface area contributed by atoms with E-state index < -0.39 is 0 Å². The van der Waals surface area contributed by atoms with Crippen LogP contribution in [0.2, 0.25) is 0 Å². The summed E-state index contributed by atoms with van der Waals surface area (Å²) in [5.41, 5.74) is 0. The van der Waals surface area contributed by atoms with Gasteiger partial charge < -0.3 is 14.5 Å². The Balaban J connectivity index is 1.66. The Hall–Kier alpha value is -0.650. The summed E-state index contributed by atoms with van der Waals surface area (Å²) in [7, 11) is 4.25. The van der Waals surface area contributed by atoms with Crippen LogP contribution in [-0.4, -0.2) is 86.7 Å². The Kier molecular flexibility index (Phi) is 5.60. The number of hydrogen-bond acceptors (Lipinski definition) is 4. The third kappa shape index (κ3) is 4.44. The van der Waals surface area contributed by atoms with E-state index >= 15 is 0 Å². The molecule has 0 spiro atoms. The van der Waals surface area contributed by atoms with Gasteiger partial charge in [0, 0.05) is 45.2 Å². The fourth-order valence-electron chi connectivity index (χ4n) is 2.87. The quantitative estimate of drug-likeness (QED) is 0.733. The summed E-state index contributed by atoms with van der Waals surface area (Å²) >= 11 is 0. The molecule has 0 N–H and O–H groups in total. The molecule has 0 saturated carbocycles. The van der Waals surface area contributed by atoms with Gasteiger partial charge in [0.05, 0.1) is 13.2 Å². The Labute approximate surface area is 116 Å². The number of morpholine rings is 1. The van der Waals surface area contributed by atoms with Crippen LogP contribution < -0.4 is 0 Å². The van der Waals surface area contributed by atoms with E-state index in [0.717, 1.165) is 58.8 Å². The number of rotatable bonds is 4. The van der Waals surface area contributed by atoms with Crippen molar-refractivity contribution in [1.29, 1.82) is 0 Å². The van der Waals surface area contributed by atoms with E-state index in [1.54, 1.807) is 0 Å². The second-order valence-corrected chi connectivity index (χ2v) is 5.78. The van der Waals surface area contributed by atoms with Gasteiger partial charge in [-0.25, -0.2) is 0 Å². The fraction of sp³-hybridized carbons (Fsp3) is 0.929. The van der Waals surface area contributed by atoms with Crippen LogP contribution in [0.5, 0.6) is 0 Å². The van der Waals surface area contributed by atoms with Crippen molar-refractivity contribution in [1.82, 2.24) is 14.7 Å². The molecule has 2 rings (SSSR count). The number of carbonyl (C=O) groups is 1. The molecule has 19 heavy (non-hydrogen) atoms. The second-order valence-electron chi connectivity index (χ2n) is 5.78. The van der Waals surface area contributed by atoms with Crippen molar-refractivity contribution >= 4 is 5.91 Å². The lowest BCUT2D eigenvalue weighted by molar-refractivity contribution is -0.133. The number of carbonyl (C=O) groups excluding carboxylic acids is 1. The number of piperidine rings is 1. The van der Waals surface area contributed by atoms with Crippen LogP contribution in [0.15, 0.2) is 0 Å². The van der Waals surface area contributed by atoms with Crippen LogP contribution in [0.25, 0.3) is 0 Å². The molecule has 2 aliphatic rings. The average Bonchev–Trinajstić information content (AvgIpc) is 2.46. The first-order valence-electron chi connectivity index (χ1n) is 7.41. The summed E-state index contributed by atoms with van der Waals surface area (Å²) in [5, 5.41) is 0. The van der Waals surface area contributed by atoms with Crippen molar-refractivity contribution in [2.24, 2.45) is 0 Å². The predicted molar refractivity (Wildman–Crippen MR) is 75.2 cm³/mol. The summed E-state index contributed by atoms with van der Waals surface area (Å²) in [5.74, 6) is 0.323. The maximum Gasteiger partial charge on any atom is 0.223 e. The molecule has 0 aromatic carbocycles. The Morgan fingerprint density at radius 3 is 2.37 bits per heavy atom. The lowest BCUT2D eigenvalue weighted by atomic mass is 10.0. The highest BCUT2D eigenvalue weighted by atomic mass is 16.5. The van der Waals surface area contributed by atoms with Gasteiger partial charge in [-0.05, 0) is 26.9 Å². The molecule has 110 valence electrons. The summed E-state index contributed by atoms with van der Waals surface area (Å²) in [6.07, 6.45) is 2.87. The SMILES string of the molecule is CN(C)C1CCN(C(=O)CCN2CCOCC2)CC1. The molecule has 0 atom stereocenters. The van der Waals surface area contributed by atoms with E-state index in [2.05, 4.69) is 23.9 Å². The van der Waals surface area contributed by atoms with E-state index in [0.29, 0.717) is 18.4 Å². The zero-order chi connectivity index (χ0) is 13.7. The van der Waals surface area contributed by atoms with Crippen molar-refractivity contribution in [3.63, 3.8) is 0 Å². The molecule has 0 unspecified atom stereocenters. The normalized spacial score (nSPS) is 23.0. The number of likely N-dealkylation sites (tertiary alicyclic amines) is 1. The topological polar surface area (TPSA) is 36.0 Å². The fourth-order valence-corrected chi connectivity index (χ4v) is 2.87. The second kappa shape index (κ2) is 7.22. The lowest BCUT2D eigenvalue weighted by Crippen LogP contribution is -2.45. The van der Waals surface area contributed by atoms with Gasteiger partial charge in [0.2, 0.25) is 5.91 Å². The minimum atomic E-state index is 0.323. The first-order chi connectivity index (χ1) is 9.16. The van der Waals surface area contributed by atoms with E-state index in [1.165, 1.54) is 0 Å². The van der Waals surface area contributed by atoms with Crippen molar-refractivity contribution in [2.75, 3.05) is 60.0 Å². The van der Waals surface area contributed by atoms with E-state index in [4.69, 9.17) is 4.74 Å². The highest BCUT2D eigenvalue weighted by molar-refractivity contribution is 5.76. The van der Waals surface area contributed by atoms with Crippen LogP contribution in [0.3, 0.4) is 0 Å². The predicted octanol–water partition coefficient (Wildman–Crippen LogP) is 0.261. The minimum absolute atomic E-state index is 0.323. The Morgan fingerprint density at radius 1 is 1.16 bits per heavy atom. The van der Waals surface area contributed by atoms with Gasteiger partial charge in [0.25, 0.3) is 0 Å². The van der Waals surface area contributed by atoms with Gasteiger partial charge in [-0.3, -0.25) is 9.69 Å².